The molecule has 1 unspecified atom stereocenters. The summed E-state index contributed by atoms with van der Waals surface area (Å²) in [5.74, 6) is 2.99. The molecule has 0 radical (unpaired) electrons. The van der Waals surface area contributed by atoms with Crippen LogP contribution < -0.4 is 4.74 Å². The monoisotopic (exact) mass is 315 g/mol. The van der Waals surface area contributed by atoms with Crippen molar-refractivity contribution >= 4 is 11.0 Å². The van der Waals surface area contributed by atoms with Crippen LogP contribution in [0.3, 0.4) is 0 Å². The lowest BCUT2D eigenvalue weighted by Gasteiger charge is -2.19. The Labute approximate surface area is 139 Å². The van der Waals surface area contributed by atoms with Gasteiger partial charge in [-0.05, 0) is 37.3 Å². The molecule has 23 heavy (non-hydrogen) atoms. The Hall–Kier alpha value is -1.55. The Morgan fingerprint density at radius 3 is 2.87 bits per heavy atom. The van der Waals surface area contributed by atoms with Gasteiger partial charge in [0, 0.05) is 25.6 Å². The SMILES string of the molecule is CCCc1nc2ccc(OC)cc2n1CN1CCC(CCC)C1. The molecule has 1 atom stereocenters. The van der Waals surface area contributed by atoms with Crippen LogP contribution in [0.2, 0.25) is 0 Å². The third kappa shape index (κ3) is 3.52. The molecule has 1 aromatic heterocycles. The summed E-state index contributed by atoms with van der Waals surface area (Å²) < 4.78 is 7.81. The Kier molecular flexibility index (Phi) is 5.21. The van der Waals surface area contributed by atoms with Crippen molar-refractivity contribution in [1.29, 1.82) is 0 Å². The van der Waals surface area contributed by atoms with Crippen LogP contribution in [0, 0.1) is 5.92 Å². The van der Waals surface area contributed by atoms with Crippen molar-refractivity contribution in [2.75, 3.05) is 20.2 Å². The maximum atomic E-state index is 5.41. The topological polar surface area (TPSA) is 30.3 Å². The van der Waals surface area contributed by atoms with Gasteiger partial charge in [-0.15, -0.1) is 0 Å². The van der Waals surface area contributed by atoms with Crippen molar-refractivity contribution in [1.82, 2.24) is 14.5 Å². The van der Waals surface area contributed by atoms with Crippen molar-refractivity contribution < 1.29 is 4.74 Å². The van der Waals surface area contributed by atoms with Gasteiger partial charge in [-0.25, -0.2) is 4.98 Å². The molecule has 0 aliphatic carbocycles. The molecule has 0 spiro atoms. The number of imidazole rings is 1. The average molecular weight is 315 g/mol. The van der Waals surface area contributed by atoms with Crippen molar-refractivity contribution in [3.05, 3.63) is 24.0 Å². The zero-order chi connectivity index (χ0) is 16.2. The van der Waals surface area contributed by atoms with Crippen molar-refractivity contribution in [3.63, 3.8) is 0 Å². The average Bonchev–Trinajstić information content (AvgIpc) is 3.13. The molecule has 0 bridgehead atoms. The number of nitrogens with zero attached hydrogens (tertiary/aromatic N) is 3. The van der Waals surface area contributed by atoms with Gasteiger partial charge >= 0.3 is 0 Å². The standard InChI is InChI=1S/C19H29N3O/c1-4-6-15-10-11-21(13-15)14-22-18-12-16(23-3)8-9-17(18)20-19(22)7-5-2/h8-9,12,15H,4-7,10-11,13-14H2,1-3H3. The van der Waals surface area contributed by atoms with E-state index >= 15 is 0 Å². The van der Waals surface area contributed by atoms with Crippen molar-refractivity contribution in [2.24, 2.45) is 5.92 Å². The zero-order valence-corrected chi connectivity index (χ0v) is 14.7. The largest absolute Gasteiger partial charge is 0.497 e. The number of hydrogen-bond donors (Lipinski definition) is 0. The van der Waals surface area contributed by atoms with Crippen LogP contribution in [0.25, 0.3) is 11.0 Å². The highest BCUT2D eigenvalue weighted by Gasteiger charge is 2.23. The lowest BCUT2D eigenvalue weighted by molar-refractivity contribution is 0.257. The van der Waals surface area contributed by atoms with E-state index in [4.69, 9.17) is 9.72 Å². The highest BCUT2D eigenvalue weighted by atomic mass is 16.5. The molecule has 3 rings (SSSR count). The number of aryl methyl sites for hydroxylation is 1. The molecule has 0 saturated carbocycles. The molecule has 1 aromatic carbocycles. The Morgan fingerprint density at radius 1 is 1.26 bits per heavy atom. The minimum absolute atomic E-state index is 0.874. The van der Waals surface area contributed by atoms with E-state index in [1.807, 2.05) is 6.07 Å². The highest BCUT2D eigenvalue weighted by Crippen LogP contribution is 2.26. The van der Waals surface area contributed by atoms with Crippen LogP contribution in [0.4, 0.5) is 0 Å². The quantitative estimate of drug-likeness (QED) is 0.771. The zero-order valence-electron chi connectivity index (χ0n) is 14.7. The Balaban J connectivity index is 1.86. The predicted molar refractivity (Wildman–Crippen MR) is 94.9 cm³/mol. The maximum Gasteiger partial charge on any atom is 0.121 e. The first-order valence-electron chi connectivity index (χ1n) is 9.00. The number of benzene rings is 1. The minimum Gasteiger partial charge on any atom is -0.497 e. The van der Waals surface area contributed by atoms with Crippen LogP contribution in [-0.4, -0.2) is 34.7 Å². The van der Waals surface area contributed by atoms with Gasteiger partial charge in [-0.2, -0.15) is 0 Å². The van der Waals surface area contributed by atoms with E-state index in [0.29, 0.717) is 0 Å². The van der Waals surface area contributed by atoms with Gasteiger partial charge in [-0.1, -0.05) is 20.3 Å². The van der Waals surface area contributed by atoms with Crippen LogP contribution >= 0.6 is 0 Å². The fourth-order valence-electron chi connectivity index (χ4n) is 3.74. The second kappa shape index (κ2) is 7.35. The second-order valence-corrected chi connectivity index (χ2v) is 6.72. The Bertz CT molecular complexity index is 649. The van der Waals surface area contributed by atoms with Gasteiger partial charge in [0.2, 0.25) is 0 Å². The predicted octanol–water partition coefficient (Wildman–Crippen LogP) is 4.08. The molecule has 2 heterocycles. The van der Waals surface area contributed by atoms with E-state index in [1.54, 1.807) is 7.11 Å². The van der Waals surface area contributed by atoms with Crippen LogP contribution in [0.5, 0.6) is 5.75 Å². The van der Waals surface area contributed by atoms with E-state index in [-0.39, 0.29) is 0 Å². The molecule has 1 aliphatic rings. The molecule has 0 N–H and O–H groups in total. The summed E-state index contributed by atoms with van der Waals surface area (Å²) in [6.45, 7) is 7.90. The van der Waals surface area contributed by atoms with E-state index in [9.17, 15) is 0 Å². The number of ether oxygens (including phenoxy) is 1. The molecule has 4 heteroatoms. The summed E-state index contributed by atoms with van der Waals surface area (Å²) in [6, 6.07) is 6.21. The normalized spacial score (nSPS) is 18.8. The molecule has 2 aromatic rings. The maximum absolute atomic E-state index is 5.41. The summed E-state index contributed by atoms with van der Waals surface area (Å²) in [5, 5.41) is 0. The van der Waals surface area contributed by atoms with Gasteiger partial charge < -0.3 is 9.30 Å². The fourth-order valence-corrected chi connectivity index (χ4v) is 3.74. The first kappa shape index (κ1) is 16.3. The molecule has 126 valence electrons. The van der Waals surface area contributed by atoms with E-state index in [2.05, 4.69) is 35.4 Å². The Morgan fingerprint density at radius 2 is 2.13 bits per heavy atom. The van der Waals surface area contributed by atoms with Crippen LogP contribution in [-0.2, 0) is 13.1 Å². The van der Waals surface area contributed by atoms with Gasteiger partial charge in [-0.3, -0.25) is 4.90 Å². The summed E-state index contributed by atoms with van der Waals surface area (Å²) in [4.78, 5) is 7.44. The third-order valence-corrected chi connectivity index (χ3v) is 4.92. The van der Waals surface area contributed by atoms with Crippen molar-refractivity contribution in [2.45, 2.75) is 52.6 Å². The second-order valence-electron chi connectivity index (χ2n) is 6.72. The number of hydrogen-bond acceptors (Lipinski definition) is 3. The molecule has 1 aliphatic heterocycles. The highest BCUT2D eigenvalue weighted by molar-refractivity contribution is 5.77. The summed E-state index contributed by atoms with van der Waals surface area (Å²) >= 11 is 0. The third-order valence-electron chi connectivity index (χ3n) is 4.92. The molecule has 1 saturated heterocycles. The molecular weight excluding hydrogens is 286 g/mol. The number of aromatic nitrogens is 2. The van der Waals surface area contributed by atoms with Crippen LogP contribution in [0.15, 0.2) is 18.2 Å². The molecule has 1 fully saturated rings. The summed E-state index contributed by atoms with van der Waals surface area (Å²) in [6.07, 6.45) is 6.15. The van der Waals surface area contributed by atoms with Gasteiger partial charge in [0.15, 0.2) is 0 Å². The van der Waals surface area contributed by atoms with E-state index < -0.39 is 0 Å². The van der Waals surface area contributed by atoms with E-state index in [0.717, 1.165) is 36.7 Å². The molecule has 4 nitrogen and oxygen atoms in total. The minimum atomic E-state index is 0.874. The smallest absolute Gasteiger partial charge is 0.121 e. The van der Waals surface area contributed by atoms with Crippen molar-refractivity contribution in [3.8, 4) is 5.75 Å². The first-order chi connectivity index (χ1) is 11.2. The fraction of sp³-hybridized carbons (Fsp3) is 0.632. The van der Waals surface area contributed by atoms with Gasteiger partial charge in [0.25, 0.3) is 0 Å². The first-order valence-corrected chi connectivity index (χ1v) is 9.00. The molecular formula is C19H29N3O. The van der Waals surface area contributed by atoms with Gasteiger partial charge in [0.1, 0.15) is 11.6 Å². The lowest BCUT2D eigenvalue weighted by Crippen LogP contribution is -2.25. The van der Waals surface area contributed by atoms with E-state index in [1.165, 1.54) is 43.7 Å². The van der Waals surface area contributed by atoms with Gasteiger partial charge in [0.05, 0.1) is 24.8 Å². The summed E-state index contributed by atoms with van der Waals surface area (Å²) in [5.41, 5.74) is 2.28. The summed E-state index contributed by atoms with van der Waals surface area (Å²) in [7, 11) is 1.73. The lowest BCUT2D eigenvalue weighted by atomic mass is 10.0. The number of likely N-dealkylation sites (tertiary alicyclic amines) is 1. The number of methoxy groups -OCH3 is 1. The number of rotatable bonds is 7. The molecule has 0 amide bonds. The van der Waals surface area contributed by atoms with Crippen LogP contribution in [0.1, 0.15) is 45.4 Å². The number of fused-ring (bicyclic) bond motifs is 1.